The van der Waals surface area contributed by atoms with E-state index in [-0.39, 0.29) is 12.4 Å². The van der Waals surface area contributed by atoms with Gasteiger partial charge >= 0.3 is 0 Å². The molecule has 0 saturated heterocycles. The van der Waals surface area contributed by atoms with Crippen LogP contribution in [0.1, 0.15) is 28.3 Å². The fourth-order valence-corrected chi connectivity index (χ4v) is 4.22. The van der Waals surface area contributed by atoms with Crippen LogP contribution in [0.2, 0.25) is 0 Å². The van der Waals surface area contributed by atoms with Crippen molar-refractivity contribution < 1.29 is 36.3 Å². The monoisotopic (exact) mass is 377 g/mol. The summed E-state index contributed by atoms with van der Waals surface area (Å²) in [5.41, 5.74) is 5.40. The molecule has 2 aromatic rings. The van der Waals surface area contributed by atoms with Crippen molar-refractivity contribution >= 4 is 0 Å². The summed E-state index contributed by atoms with van der Waals surface area (Å²) in [6.45, 7) is 1.99. The van der Waals surface area contributed by atoms with Gasteiger partial charge in [-0.3, -0.25) is 0 Å². The molecule has 0 amide bonds. The molecule has 2 aliphatic rings. The maximum absolute atomic E-state index is 5.51. The molecule has 0 bridgehead atoms. The molecule has 6 heteroatoms. The van der Waals surface area contributed by atoms with Crippen molar-refractivity contribution in [2.45, 2.75) is 25.6 Å². The van der Waals surface area contributed by atoms with Gasteiger partial charge in [0.15, 0.2) is 23.0 Å². The number of nitrogens with one attached hydrogen (secondary N) is 1. The topological polar surface area (TPSA) is 41.4 Å². The smallest absolute Gasteiger partial charge is 0.161 e. The Morgan fingerprint density at radius 2 is 1.15 bits per heavy atom. The molecule has 0 fully saturated rings. The van der Waals surface area contributed by atoms with Gasteiger partial charge in [0, 0.05) is 23.1 Å². The van der Waals surface area contributed by atoms with Crippen molar-refractivity contribution in [1.82, 2.24) is 0 Å². The van der Waals surface area contributed by atoms with Crippen LogP contribution in [0.15, 0.2) is 24.3 Å². The molecule has 4 rings (SSSR count). The van der Waals surface area contributed by atoms with Crippen LogP contribution in [0.3, 0.4) is 0 Å². The molecule has 1 N–H and O–H groups in total. The maximum atomic E-state index is 5.51. The molecular weight excluding hydrogens is 354 g/mol. The molecule has 0 aromatic heterocycles. The summed E-state index contributed by atoms with van der Waals surface area (Å²) in [5, 5.41) is 0. The lowest BCUT2D eigenvalue weighted by atomic mass is 9.91. The average molecular weight is 378 g/mol. The predicted octanol–water partition coefficient (Wildman–Crippen LogP) is -1.08. The molecule has 2 unspecified atom stereocenters. The van der Waals surface area contributed by atoms with Crippen molar-refractivity contribution in [2.24, 2.45) is 0 Å². The van der Waals surface area contributed by atoms with E-state index < -0.39 is 0 Å². The molecular formula is C20H24ClNO4. The van der Waals surface area contributed by atoms with Gasteiger partial charge in [-0.05, 0) is 29.8 Å². The van der Waals surface area contributed by atoms with Crippen molar-refractivity contribution in [1.29, 1.82) is 0 Å². The van der Waals surface area contributed by atoms with Crippen LogP contribution in [0.5, 0.6) is 23.0 Å². The molecule has 2 aromatic carbocycles. The van der Waals surface area contributed by atoms with Gasteiger partial charge in [0.05, 0.1) is 28.4 Å². The molecule has 0 radical (unpaired) electrons. The van der Waals surface area contributed by atoms with Crippen molar-refractivity contribution in [2.75, 3.05) is 28.4 Å². The van der Waals surface area contributed by atoms with E-state index in [1.54, 1.807) is 33.3 Å². The van der Waals surface area contributed by atoms with Crippen LogP contribution >= 0.6 is 0 Å². The van der Waals surface area contributed by atoms with Crippen molar-refractivity contribution in [3.05, 3.63) is 46.5 Å². The van der Waals surface area contributed by atoms with Gasteiger partial charge in [0.25, 0.3) is 0 Å². The quantitative estimate of drug-likeness (QED) is 0.736. The first-order valence-corrected chi connectivity index (χ1v) is 8.51. The van der Waals surface area contributed by atoms with E-state index in [4.69, 9.17) is 18.9 Å². The highest BCUT2D eigenvalue weighted by Crippen LogP contribution is 2.39. The summed E-state index contributed by atoms with van der Waals surface area (Å²) in [4.78, 5) is 1.56. The van der Waals surface area contributed by atoms with Gasteiger partial charge in [0.1, 0.15) is 19.1 Å². The molecule has 2 heterocycles. The Morgan fingerprint density at radius 3 is 1.73 bits per heavy atom. The van der Waals surface area contributed by atoms with Crippen LogP contribution < -0.4 is 36.3 Å². The molecule has 2 aliphatic heterocycles. The zero-order chi connectivity index (χ0) is 17.6. The van der Waals surface area contributed by atoms with Crippen LogP contribution in [-0.2, 0) is 19.5 Å². The van der Waals surface area contributed by atoms with E-state index in [1.807, 2.05) is 0 Å². The fraction of sp³-hybridized carbons (Fsp3) is 0.400. The first-order chi connectivity index (χ1) is 12.2. The van der Waals surface area contributed by atoms with Crippen LogP contribution in [0.4, 0.5) is 0 Å². The lowest BCUT2D eigenvalue weighted by molar-refractivity contribution is -0.953. The van der Waals surface area contributed by atoms with E-state index in [1.165, 1.54) is 22.3 Å². The first-order valence-electron chi connectivity index (χ1n) is 8.51. The average Bonchev–Trinajstić information content (AvgIpc) is 2.99. The van der Waals surface area contributed by atoms with Crippen LogP contribution in [0.25, 0.3) is 0 Å². The Kier molecular flexibility index (Phi) is 5.21. The molecule has 5 nitrogen and oxygen atoms in total. The lowest BCUT2D eigenvalue weighted by Crippen LogP contribution is -3.08. The van der Waals surface area contributed by atoms with Gasteiger partial charge < -0.3 is 36.3 Å². The number of hydrogen-bond acceptors (Lipinski definition) is 4. The molecule has 140 valence electrons. The van der Waals surface area contributed by atoms with E-state index in [9.17, 15) is 0 Å². The van der Waals surface area contributed by atoms with Gasteiger partial charge in [-0.15, -0.1) is 0 Å². The minimum absolute atomic E-state index is 0. The van der Waals surface area contributed by atoms with E-state index in [0.717, 1.165) is 42.5 Å². The molecule has 0 saturated carbocycles. The predicted molar refractivity (Wildman–Crippen MR) is 93.9 cm³/mol. The molecule has 2 atom stereocenters. The zero-order valence-electron chi connectivity index (χ0n) is 15.5. The summed E-state index contributed by atoms with van der Waals surface area (Å²) in [6.07, 6.45) is 0.994. The highest BCUT2D eigenvalue weighted by atomic mass is 35.5. The van der Waals surface area contributed by atoms with Gasteiger partial charge in [-0.1, -0.05) is 0 Å². The van der Waals surface area contributed by atoms with Gasteiger partial charge in [0.2, 0.25) is 0 Å². The summed E-state index contributed by atoms with van der Waals surface area (Å²) in [6, 6.07) is 8.98. The lowest BCUT2D eigenvalue weighted by Gasteiger charge is -2.29. The van der Waals surface area contributed by atoms with Gasteiger partial charge in [-0.2, -0.15) is 0 Å². The standard InChI is InChI=1S/C20H23NO4.ClH/c1-22-17-6-12-5-16-15-9-20(25-4)19(24-3)8-14(15)11-21(16)10-13(12)7-18(17)23-2;/h6-9,16H,5,10-11H2,1-4H3;1H. The van der Waals surface area contributed by atoms with Crippen molar-refractivity contribution in [3.8, 4) is 23.0 Å². The van der Waals surface area contributed by atoms with Crippen molar-refractivity contribution in [3.63, 3.8) is 0 Å². The Hall–Kier alpha value is -2.11. The summed E-state index contributed by atoms with van der Waals surface area (Å²) >= 11 is 0. The fourth-order valence-electron chi connectivity index (χ4n) is 4.22. The maximum Gasteiger partial charge on any atom is 0.161 e. The zero-order valence-corrected chi connectivity index (χ0v) is 16.3. The van der Waals surface area contributed by atoms with Crippen LogP contribution in [0, 0.1) is 0 Å². The molecule has 26 heavy (non-hydrogen) atoms. The number of ether oxygens (including phenoxy) is 4. The number of benzene rings is 2. The second-order valence-electron chi connectivity index (χ2n) is 6.65. The Morgan fingerprint density at radius 1 is 0.692 bits per heavy atom. The number of methoxy groups -OCH3 is 4. The third-order valence-electron chi connectivity index (χ3n) is 5.48. The number of fused-ring (bicyclic) bond motifs is 4. The highest BCUT2D eigenvalue weighted by Gasteiger charge is 2.39. The second kappa shape index (κ2) is 7.25. The highest BCUT2D eigenvalue weighted by molar-refractivity contribution is 5.51. The Balaban J connectivity index is 0.00000196. The summed E-state index contributed by atoms with van der Waals surface area (Å²) < 4.78 is 21.9. The normalized spacial score (nSPS) is 19.5. The van der Waals surface area contributed by atoms with Gasteiger partial charge in [-0.25, -0.2) is 0 Å². The number of rotatable bonds is 4. The minimum atomic E-state index is 0. The number of hydrogen-bond donors (Lipinski definition) is 1. The minimum Gasteiger partial charge on any atom is -1.00 e. The third-order valence-corrected chi connectivity index (χ3v) is 5.48. The molecule has 0 spiro atoms. The third kappa shape index (κ3) is 2.85. The summed E-state index contributed by atoms with van der Waals surface area (Å²) in [7, 11) is 6.75. The SMILES string of the molecule is COc1cc2c(cc1OC)C[NH+]1Cc3cc(OC)c(OC)cc3C1C2.[Cl-]. The van der Waals surface area contributed by atoms with E-state index >= 15 is 0 Å². The van der Waals surface area contributed by atoms with Crippen LogP contribution in [-0.4, -0.2) is 28.4 Å². The Bertz CT molecular complexity index is 813. The number of quaternary nitrogens is 1. The second-order valence-corrected chi connectivity index (χ2v) is 6.65. The summed E-state index contributed by atoms with van der Waals surface area (Å²) in [5.74, 6) is 3.22. The number of halogens is 1. The van der Waals surface area contributed by atoms with E-state index in [2.05, 4.69) is 24.3 Å². The largest absolute Gasteiger partial charge is 1.00 e. The molecule has 0 aliphatic carbocycles. The Labute approximate surface area is 160 Å². The van der Waals surface area contributed by atoms with E-state index in [0.29, 0.717) is 6.04 Å². The first kappa shape index (κ1) is 18.7.